The molecule has 0 radical (unpaired) electrons. The van der Waals surface area contributed by atoms with Gasteiger partial charge in [-0.1, -0.05) is 0 Å². The summed E-state index contributed by atoms with van der Waals surface area (Å²) in [6.07, 6.45) is 6.22. The summed E-state index contributed by atoms with van der Waals surface area (Å²) in [6, 6.07) is 0.322. The summed E-state index contributed by atoms with van der Waals surface area (Å²) >= 11 is 0. The predicted octanol–water partition coefficient (Wildman–Crippen LogP) is 0.0616. The van der Waals surface area contributed by atoms with Gasteiger partial charge in [-0.25, -0.2) is 4.98 Å². The molecule has 4 N–H and O–H groups in total. The lowest BCUT2D eigenvalue weighted by molar-refractivity contribution is 0.634. The van der Waals surface area contributed by atoms with E-state index >= 15 is 0 Å². The second kappa shape index (κ2) is 3.79. The van der Waals surface area contributed by atoms with Crippen LogP contribution in [-0.2, 0) is 0 Å². The number of nitrogens with one attached hydrogen (secondary N) is 2. The Kier molecular flexibility index (Phi) is 2.49. The summed E-state index contributed by atoms with van der Waals surface area (Å²) in [4.78, 5) is 17.8. The molecule has 0 aliphatic heterocycles. The summed E-state index contributed by atoms with van der Waals surface area (Å²) in [6.45, 7) is 0. The first-order chi connectivity index (χ1) is 6.77. The third kappa shape index (κ3) is 1.77. The summed E-state index contributed by atoms with van der Waals surface area (Å²) in [7, 11) is 0. The Hall–Kier alpha value is -1.36. The standard InChI is InChI=1S/C9H14N4O/c10-6-2-1-3-7(6)13-8-9(14)12-5-4-11-8/h4-7H,1-3,10H2,(H,11,13)(H,12,14). The Balaban J connectivity index is 2.11. The van der Waals surface area contributed by atoms with Gasteiger partial charge in [0.15, 0.2) is 5.82 Å². The minimum Gasteiger partial charge on any atom is -0.361 e. The minimum atomic E-state index is -0.188. The average molecular weight is 194 g/mol. The number of nitrogens with two attached hydrogens (primary N) is 1. The highest BCUT2D eigenvalue weighted by atomic mass is 16.1. The predicted molar refractivity (Wildman–Crippen MR) is 54.1 cm³/mol. The molecule has 5 heteroatoms. The van der Waals surface area contributed by atoms with Crippen molar-refractivity contribution in [3.05, 3.63) is 22.7 Å². The van der Waals surface area contributed by atoms with Gasteiger partial charge in [0.2, 0.25) is 0 Å². The molecule has 1 aliphatic carbocycles. The van der Waals surface area contributed by atoms with Crippen LogP contribution in [0.15, 0.2) is 17.2 Å². The molecular weight excluding hydrogens is 180 g/mol. The lowest BCUT2D eigenvalue weighted by atomic mass is 10.2. The van der Waals surface area contributed by atoms with Crippen molar-refractivity contribution in [2.45, 2.75) is 31.3 Å². The Labute approximate surface area is 81.7 Å². The molecule has 1 saturated carbocycles. The maximum atomic E-state index is 11.3. The normalized spacial score (nSPS) is 26.4. The molecule has 1 aromatic heterocycles. The fourth-order valence-electron chi connectivity index (χ4n) is 1.80. The van der Waals surface area contributed by atoms with E-state index in [1.165, 1.54) is 6.20 Å². The highest BCUT2D eigenvalue weighted by Crippen LogP contribution is 2.19. The number of hydrogen-bond acceptors (Lipinski definition) is 4. The van der Waals surface area contributed by atoms with Crippen LogP contribution in [0.5, 0.6) is 0 Å². The molecule has 1 fully saturated rings. The van der Waals surface area contributed by atoms with Gasteiger partial charge in [0, 0.05) is 24.5 Å². The zero-order chi connectivity index (χ0) is 9.97. The number of rotatable bonds is 2. The molecule has 0 amide bonds. The van der Waals surface area contributed by atoms with Crippen molar-refractivity contribution >= 4 is 5.82 Å². The third-order valence-corrected chi connectivity index (χ3v) is 2.60. The molecule has 0 aromatic carbocycles. The fraction of sp³-hybridized carbons (Fsp3) is 0.556. The summed E-state index contributed by atoms with van der Waals surface area (Å²) in [5.41, 5.74) is 5.69. The van der Waals surface area contributed by atoms with Crippen LogP contribution in [0.4, 0.5) is 5.82 Å². The fourth-order valence-corrected chi connectivity index (χ4v) is 1.80. The van der Waals surface area contributed by atoms with Gasteiger partial charge in [-0.05, 0) is 19.3 Å². The average Bonchev–Trinajstić information content (AvgIpc) is 2.56. The first kappa shape index (κ1) is 9.21. The van der Waals surface area contributed by atoms with E-state index in [-0.39, 0.29) is 17.6 Å². The molecule has 2 unspecified atom stereocenters. The molecule has 5 nitrogen and oxygen atoms in total. The van der Waals surface area contributed by atoms with Crippen LogP contribution in [0.3, 0.4) is 0 Å². The number of H-pyrrole nitrogens is 1. The molecule has 0 spiro atoms. The molecule has 0 bridgehead atoms. The van der Waals surface area contributed by atoms with Crippen molar-refractivity contribution in [2.24, 2.45) is 5.73 Å². The van der Waals surface area contributed by atoms with Gasteiger partial charge in [0.25, 0.3) is 5.56 Å². The third-order valence-electron chi connectivity index (χ3n) is 2.60. The van der Waals surface area contributed by atoms with E-state index in [1.54, 1.807) is 6.20 Å². The van der Waals surface area contributed by atoms with Crippen LogP contribution in [0, 0.1) is 0 Å². The van der Waals surface area contributed by atoms with Crippen molar-refractivity contribution in [2.75, 3.05) is 5.32 Å². The van der Waals surface area contributed by atoms with Crippen molar-refractivity contribution in [3.8, 4) is 0 Å². The monoisotopic (exact) mass is 194 g/mol. The Morgan fingerprint density at radius 1 is 1.57 bits per heavy atom. The molecule has 0 saturated heterocycles. The Morgan fingerprint density at radius 2 is 2.43 bits per heavy atom. The SMILES string of the molecule is NC1CCCC1Nc1ncc[nH]c1=O. The van der Waals surface area contributed by atoms with Crippen molar-refractivity contribution in [1.82, 2.24) is 9.97 Å². The number of nitrogens with zero attached hydrogens (tertiary/aromatic N) is 1. The van der Waals surface area contributed by atoms with E-state index in [4.69, 9.17) is 5.73 Å². The van der Waals surface area contributed by atoms with Crippen LogP contribution in [-0.4, -0.2) is 22.1 Å². The second-order valence-electron chi connectivity index (χ2n) is 3.61. The van der Waals surface area contributed by atoms with Gasteiger partial charge in [-0.2, -0.15) is 0 Å². The zero-order valence-electron chi connectivity index (χ0n) is 7.86. The molecule has 1 aliphatic rings. The number of anilines is 1. The number of hydrogen-bond donors (Lipinski definition) is 3. The van der Waals surface area contributed by atoms with Gasteiger partial charge in [-0.15, -0.1) is 0 Å². The van der Waals surface area contributed by atoms with E-state index in [0.29, 0.717) is 5.82 Å². The molecule has 14 heavy (non-hydrogen) atoms. The van der Waals surface area contributed by atoms with Crippen molar-refractivity contribution in [3.63, 3.8) is 0 Å². The highest BCUT2D eigenvalue weighted by Gasteiger charge is 2.24. The maximum Gasteiger partial charge on any atom is 0.290 e. The molecule has 76 valence electrons. The van der Waals surface area contributed by atoms with E-state index in [2.05, 4.69) is 15.3 Å². The van der Waals surface area contributed by atoms with Gasteiger partial charge in [0.05, 0.1) is 0 Å². The van der Waals surface area contributed by atoms with E-state index < -0.39 is 0 Å². The molecular formula is C9H14N4O. The van der Waals surface area contributed by atoms with E-state index in [0.717, 1.165) is 19.3 Å². The van der Waals surface area contributed by atoms with E-state index in [1.807, 2.05) is 0 Å². The van der Waals surface area contributed by atoms with Crippen LogP contribution in [0.1, 0.15) is 19.3 Å². The minimum absolute atomic E-state index is 0.136. The topological polar surface area (TPSA) is 83.8 Å². The second-order valence-corrected chi connectivity index (χ2v) is 3.61. The summed E-state index contributed by atoms with van der Waals surface area (Å²) < 4.78 is 0. The summed E-state index contributed by atoms with van der Waals surface area (Å²) in [5, 5.41) is 3.08. The lowest BCUT2D eigenvalue weighted by Crippen LogP contribution is -2.37. The quantitative estimate of drug-likeness (QED) is 0.621. The van der Waals surface area contributed by atoms with E-state index in [9.17, 15) is 4.79 Å². The number of aromatic amines is 1. The van der Waals surface area contributed by atoms with Gasteiger partial charge in [0.1, 0.15) is 0 Å². The number of aromatic nitrogens is 2. The van der Waals surface area contributed by atoms with Crippen molar-refractivity contribution in [1.29, 1.82) is 0 Å². The molecule has 1 aromatic rings. The van der Waals surface area contributed by atoms with Crippen LogP contribution >= 0.6 is 0 Å². The summed E-state index contributed by atoms with van der Waals surface area (Å²) in [5.74, 6) is 0.370. The Morgan fingerprint density at radius 3 is 3.07 bits per heavy atom. The van der Waals surface area contributed by atoms with Gasteiger partial charge >= 0.3 is 0 Å². The van der Waals surface area contributed by atoms with Crippen LogP contribution in [0.25, 0.3) is 0 Å². The molecule has 2 rings (SSSR count). The molecule has 1 heterocycles. The Bertz CT molecular complexity index is 362. The largest absolute Gasteiger partial charge is 0.361 e. The zero-order valence-corrected chi connectivity index (χ0v) is 7.86. The first-order valence-electron chi connectivity index (χ1n) is 4.83. The molecule has 2 atom stereocenters. The maximum absolute atomic E-state index is 11.3. The smallest absolute Gasteiger partial charge is 0.290 e. The van der Waals surface area contributed by atoms with Crippen LogP contribution in [0.2, 0.25) is 0 Å². The first-order valence-corrected chi connectivity index (χ1v) is 4.83. The highest BCUT2D eigenvalue weighted by molar-refractivity contribution is 5.32. The van der Waals surface area contributed by atoms with Gasteiger partial charge in [-0.3, -0.25) is 4.79 Å². The van der Waals surface area contributed by atoms with Crippen LogP contribution < -0.4 is 16.6 Å². The lowest BCUT2D eigenvalue weighted by Gasteiger charge is -2.16. The van der Waals surface area contributed by atoms with Gasteiger partial charge < -0.3 is 16.0 Å². The van der Waals surface area contributed by atoms with Crippen molar-refractivity contribution < 1.29 is 0 Å².